The molecule has 1 aliphatic heterocycles. The van der Waals surface area contributed by atoms with Crippen molar-refractivity contribution < 1.29 is 31.5 Å². The van der Waals surface area contributed by atoms with Crippen LogP contribution in [0, 0.1) is 11.6 Å². The second kappa shape index (κ2) is 8.97. The zero-order valence-electron chi connectivity index (χ0n) is 15.1. The van der Waals surface area contributed by atoms with E-state index in [0.717, 1.165) is 18.2 Å². The molecule has 0 saturated carbocycles. The molecule has 1 saturated heterocycles. The first-order valence-electron chi connectivity index (χ1n) is 8.66. The molecule has 30 heavy (non-hydrogen) atoms. The summed E-state index contributed by atoms with van der Waals surface area (Å²) in [5.74, 6) is -2.25. The molecular formula is C20H22F5N3O2. The van der Waals surface area contributed by atoms with Gasteiger partial charge in [-0.05, 0) is 36.8 Å². The fourth-order valence-electron chi connectivity index (χ4n) is 2.90. The van der Waals surface area contributed by atoms with Crippen LogP contribution in [0.2, 0.25) is 0 Å². The van der Waals surface area contributed by atoms with Crippen LogP contribution in [0.4, 0.5) is 33.3 Å². The SMILES string of the molecule is C.N[C@@]1(C(=O)NCc2ccc(Nc3ccc(F)cc3C(F)(F)F)cc2F)CCOC1. The molecule has 10 heteroatoms. The van der Waals surface area contributed by atoms with E-state index >= 15 is 0 Å². The highest BCUT2D eigenvalue weighted by atomic mass is 19.4. The monoisotopic (exact) mass is 431 g/mol. The molecule has 0 spiro atoms. The van der Waals surface area contributed by atoms with Gasteiger partial charge in [0.2, 0.25) is 5.91 Å². The van der Waals surface area contributed by atoms with Crippen LogP contribution < -0.4 is 16.4 Å². The summed E-state index contributed by atoms with van der Waals surface area (Å²) in [4.78, 5) is 12.1. The maximum atomic E-state index is 14.3. The summed E-state index contributed by atoms with van der Waals surface area (Å²) < 4.78 is 71.8. The van der Waals surface area contributed by atoms with Crippen LogP contribution >= 0.6 is 0 Å². The molecule has 0 bridgehead atoms. The van der Waals surface area contributed by atoms with Crippen molar-refractivity contribution in [1.82, 2.24) is 5.32 Å². The van der Waals surface area contributed by atoms with Crippen LogP contribution in [0.5, 0.6) is 0 Å². The minimum absolute atomic E-state index is 0. The van der Waals surface area contributed by atoms with E-state index in [1.165, 1.54) is 12.1 Å². The number of hydrogen-bond donors (Lipinski definition) is 3. The van der Waals surface area contributed by atoms with Gasteiger partial charge in [0.05, 0.1) is 17.9 Å². The van der Waals surface area contributed by atoms with Gasteiger partial charge in [-0.1, -0.05) is 13.5 Å². The largest absolute Gasteiger partial charge is 0.418 e. The van der Waals surface area contributed by atoms with E-state index < -0.39 is 40.5 Å². The smallest absolute Gasteiger partial charge is 0.379 e. The van der Waals surface area contributed by atoms with Crippen LogP contribution in [0.3, 0.4) is 0 Å². The highest BCUT2D eigenvalue weighted by Gasteiger charge is 2.38. The number of anilines is 2. The summed E-state index contributed by atoms with van der Waals surface area (Å²) in [6.07, 6.45) is -4.43. The summed E-state index contributed by atoms with van der Waals surface area (Å²) in [5.41, 5.74) is 3.30. The Balaban J connectivity index is 0.00000320. The molecule has 1 fully saturated rings. The summed E-state index contributed by atoms with van der Waals surface area (Å²) in [5, 5.41) is 4.97. The van der Waals surface area contributed by atoms with Crippen LogP contribution in [0.25, 0.3) is 0 Å². The van der Waals surface area contributed by atoms with Gasteiger partial charge in [-0.2, -0.15) is 13.2 Å². The predicted octanol–water partition coefficient (Wildman–Crippen LogP) is 4.10. The highest BCUT2D eigenvalue weighted by molar-refractivity contribution is 5.86. The van der Waals surface area contributed by atoms with Crippen molar-refractivity contribution in [2.75, 3.05) is 18.5 Å². The van der Waals surface area contributed by atoms with Crippen LogP contribution in [-0.4, -0.2) is 24.7 Å². The summed E-state index contributed by atoms with van der Waals surface area (Å²) in [7, 11) is 0. The first-order valence-corrected chi connectivity index (χ1v) is 8.66. The molecule has 0 aliphatic carbocycles. The first kappa shape index (κ1) is 23.6. The highest BCUT2D eigenvalue weighted by Crippen LogP contribution is 2.36. The minimum Gasteiger partial charge on any atom is -0.379 e. The van der Waals surface area contributed by atoms with Crippen molar-refractivity contribution in [3.63, 3.8) is 0 Å². The second-order valence-electron chi connectivity index (χ2n) is 6.76. The number of ether oxygens (including phenoxy) is 1. The Morgan fingerprint density at radius 1 is 1.17 bits per heavy atom. The van der Waals surface area contributed by atoms with Crippen molar-refractivity contribution in [2.24, 2.45) is 5.73 Å². The molecule has 1 heterocycles. The lowest BCUT2D eigenvalue weighted by Crippen LogP contribution is -2.54. The lowest BCUT2D eigenvalue weighted by Gasteiger charge is -2.20. The van der Waals surface area contributed by atoms with Crippen molar-refractivity contribution in [2.45, 2.75) is 32.1 Å². The van der Waals surface area contributed by atoms with E-state index in [4.69, 9.17) is 10.5 Å². The molecule has 1 aliphatic rings. The molecule has 0 aromatic heterocycles. The van der Waals surface area contributed by atoms with Gasteiger partial charge < -0.3 is 21.1 Å². The molecule has 1 amide bonds. The molecule has 0 unspecified atom stereocenters. The molecule has 3 rings (SSSR count). The normalized spacial score (nSPS) is 18.6. The molecule has 1 atom stereocenters. The Kier molecular flexibility index (Phi) is 7.04. The lowest BCUT2D eigenvalue weighted by molar-refractivity contribution is -0.137. The number of halogens is 5. The topological polar surface area (TPSA) is 76.4 Å². The van der Waals surface area contributed by atoms with Crippen LogP contribution in [0.15, 0.2) is 36.4 Å². The van der Waals surface area contributed by atoms with Gasteiger partial charge in [0, 0.05) is 24.4 Å². The number of hydrogen-bond acceptors (Lipinski definition) is 4. The predicted molar refractivity (Wildman–Crippen MR) is 102 cm³/mol. The van der Waals surface area contributed by atoms with E-state index in [-0.39, 0.29) is 31.8 Å². The summed E-state index contributed by atoms with van der Waals surface area (Å²) >= 11 is 0. The molecule has 4 N–H and O–H groups in total. The van der Waals surface area contributed by atoms with Crippen molar-refractivity contribution in [3.05, 3.63) is 59.2 Å². The summed E-state index contributed by atoms with van der Waals surface area (Å²) in [6.45, 7) is 0.291. The quantitative estimate of drug-likeness (QED) is 0.624. The third kappa shape index (κ3) is 5.25. The Hall–Kier alpha value is -2.72. The molecular weight excluding hydrogens is 409 g/mol. The van der Waals surface area contributed by atoms with Gasteiger partial charge in [0.25, 0.3) is 0 Å². The fourth-order valence-corrected chi connectivity index (χ4v) is 2.90. The maximum Gasteiger partial charge on any atom is 0.418 e. The van der Waals surface area contributed by atoms with E-state index in [1.54, 1.807) is 0 Å². The molecule has 2 aromatic carbocycles. The van der Waals surface area contributed by atoms with E-state index in [2.05, 4.69) is 10.6 Å². The molecule has 164 valence electrons. The van der Waals surface area contributed by atoms with Crippen molar-refractivity contribution >= 4 is 17.3 Å². The third-order valence-electron chi connectivity index (χ3n) is 4.56. The zero-order chi connectivity index (χ0) is 21.2. The van der Waals surface area contributed by atoms with Gasteiger partial charge in [-0.3, -0.25) is 4.79 Å². The Bertz CT molecular complexity index is 912. The van der Waals surface area contributed by atoms with Crippen molar-refractivity contribution in [3.8, 4) is 0 Å². The Morgan fingerprint density at radius 2 is 1.90 bits per heavy atom. The average molecular weight is 431 g/mol. The number of rotatable bonds is 5. The number of amides is 1. The van der Waals surface area contributed by atoms with Gasteiger partial charge >= 0.3 is 6.18 Å². The second-order valence-corrected chi connectivity index (χ2v) is 6.76. The van der Waals surface area contributed by atoms with Gasteiger partial charge in [0.15, 0.2) is 0 Å². The number of nitrogens with one attached hydrogen (secondary N) is 2. The molecule has 0 radical (unpaired) electrons. The van der Waals surface area contributed by atoms with Crippen LogP contribution in [0.1, 0.15) is 25.0 Å². The lowest BCUT2D eigenvalue weighted by atomic mass is 9.99. The van der Waals surface area contributed by atoms with Gasteiger partial charge in [0.1, 0.15) is 17.2 Å². The van der Waals surface area contributed by atoms with Gasteiger partial charge in [-0.15, -0.1) is 0 Å². The zero-order valence-corrected chi connectivity index (χ0v) is 15.1. The maximum absolute atomic E-state index is 14.3. The number of alkyl halides is 3. The average Bonchev–Trinajstić information content (AvgIpc) is 3.09. The third-order valence-corrected chi connectivity index (χ3v) is 4.56. The summed E-state index contributed by atoms with van der Waals surface area (Å²) in [6, 6.07) is 5.82. The standard InChI is InChI=1S/C19H18F5N3O2.CH4/c20-12-2-4-16(14(7-12)19(22,23)24)27-13-3-1-11(15(21)8-13)9-26-17(28)18(25)5-6-29-10-18;/h1-4,7-8,27H,5-6,9-10,25H2,(H,26,28);1H4/t18-;/m0./s1. The van der Waals surface area contributed by atoms with Crippen LogP contribution in [-0.2, 0) is 22.3 Å². The fraction of sp³-hybridized carbons (Fsp3) is 0.350. The Labute approximate surface area is 170 Å². The molecule has 2 aromatic rings. The first-order chi connectivity index (χ1) is 13.6. The molecule has 5 nitrogen and oxygen atoms in total. The number of nitrogens with two attached hydrogens (primary N) is 1. The van der Waals surface area contributed by atoms with E-state index in [0.29, 0.717) is 19.1 Å². The van der Waals surface area contributed by atoms with E-state index in [1.807, 2.05) is 0 Å². The van der Waals surface area contributed by atoms with E-state index in [9.17, 15) is 26.7 Å². The number of benzene rings is 2. The van der Waals surface area contributed by atoms with Gasteiger partial charge in [-0.25, -0.2) is 8.78 Å². The van der Waals surface area contributed by atoms with Crippen molar-refractivity contribution in [1.29, 1.82) is 0 Å². The Morgan fingerprint density at radius 3 is 2.50 bits per heavy atom. The number of carbonyl (C=O) groups excluding carboxylic acids is 1. The minimum atomic E-state index is -4.78. The number of carbonyl (C=O) groups is 1.